The summed E-state index contributed by atoms with van der Waals surface area (Å²) in [4.78, 5) is 11.2. The first-order valence-corrected chi connectivity index (χ1v) is 7.96. The van der Waals surface area contributed by atoms with Gasteiger partial charge in [0.1, 0.15) is 0 Å². The molecule has 0 radical (unpaired) electrons. The highest BCUT2D eigenvalue weighted by Gasteiger charge is 2.04. The molecule has 0 aromatic carbocycles. The van der Waals surface area contributed by atoms with E-state index >= 15 is 0 Å². The average Bonchev–Trinajstić information content (AvgIpc) is 2.26. The number of unbranched alkanes of at least 4 members (excludes halogenated alkanes) is 5. The Balaban J connectivity index is 3.51. The van der Waals surface area contributed by atoms with Gasteiger partial charge in [0.05, 0.1) is 5.75 Å². The third-order valence-electron chi connectivity index (χ3n) is 2.40. The fourth-order valence-corrected chi connectivity index (χ4v) is 1.78. The Labute approximate surface area is 109 Å². The van der Waals surface area contributed by atoms with Gasteiger partial charge in [0.15, 0.2) is 0 Å². The summed E-state index contributed by atoms with van der Waals surface area (Å²) in [6.07, 6.45) is 9.97. The number of nitrogens with one attached hydrogen (secondary N) is 1. The Bertz CT molecular complexity index is 349. The highest BCUT2D eigenvalue weighted by Crippen LogP contribution is 2.05. The highest BCUT2D eigenvalue weighted by atomic mass is 32.2. The SMILES string of the molecule is CCCCCCC/C=C/C(=O)NCCS(=O)(=O)O. The third-order valence-corrected chi connectivity index (χ3v) is 3.12. The Morgan fingerprint density at radius 3 is 2.50 bits per heavy atom. The van der Waals surface area contributed by atoms with E-state index in [4.69, 9.17) is 4.55 Å². The first kappa shape index (κ1) is 17.1. The van der Waals surface area contributed by atoms with Crippen molar-refractivity contribution in [2.45, 2.75) is 45.4 Å². The molecule has 0 spiro atoms. The van der Waals surface area contributed by atoms with Crippen LogP contribution in [0.2, 0.25) is 0 Å². The number of amides is 1. The molecule has 5 nitrogen and oxygen atoms in total. The molecule has 0 aliphatic rings. The summed E-state index contributed by atoms with van der Waals surface area (Å²) in [6.45, 7) is 2.09. The van der Waals surface area contributed by atoms with E-state index in [0.717, 1.165) is 12.8 Å². The summed E-state index contributed by atoms with van der Waals surface area (Å²) in [5.41, 5.74) is 0. The Morgan fingerprint density at radius 2 is 1.89 bits per heavy atom. The smallest absolute Gasteiger partial charge is 0.266 e. The van der Waals surface area contributed by atoms with E-state index in [9.17, 15) is 13.2 Å². The molecular weight excluding hydrogens is 254 g/mol. The summed E-state index contributed by atoms with van der Waals surface area (Å²) in [5, 5.41) is 2.39. The van der Waals surface area contributed by atoms with E-state index in [1.165, 1.54) is 31.8 Å². The Hall–Kier alpha value is -0.880. The van der Waals surface area contributed by atoms with Crippen molar-refractivity contribution in [1.82, 2.24) is 5.32 Å². The average molecular weight is 277 g/mol. The Kier molecular flexibility index (Phi) is 9.59. The zero-order valence-corrected chi connectivity index (χ0v) is 11.7. The molecule has 0 unspecified atom stereocenters. The molecule has 1 amide bonds. The minimum atomic E-state index is -4.00. The molecule has 106 valence electrons. The minimum Gasteiger partial charge on any atom is -0.351 e. The molecule has 0 saturated heterocycles. The van der Waals surface area contributed by atoms with Gasteiger partial charge in [-0.2, -0.15) is 8.42 Å². The molecule has 0 aliphatic heterocycles. The van der Waals surface area contributed by atoms with Gasteiger partial charge in [0.2, 0.25) is 5.91 Å². The second-order valence-electron chi connectivity index (χ2n) is 4.18. The minimum absolute atomic E-state index is 0.0709. The molecule has 0 fully saturated rings. The summed E-state index contributed by atoms with van der Waals surface area (Å²) < 4.78 is 29.2. The van der Waals surface area contributed by atoms with Gasteiger partial charge in [-0.3, -0.25) is 9.35 Å². The van der Waals surface area contributed by atoms with Crippen molar-refractivity contribution < 1.29 is 17.8 Å². The zero-order valence-electron chi connectivity index (χ0n) is 10.9. The van der Waals surface area contributed by atoms with E-state index in [2.05, 4.69) is 12.2 Å². The lowest BCUT2D eigenvalue weighted by Crippen LogP contribution is -2.27. The fraction of sp³-hybridized carbons (Fsp3) is 0.750. The van der Waals surface area contributed by atoms with Crippen LogP contribution in [0.5, 0.6) is 0 Å². The van der Waals surface area contributed by atoms with Gasteiger partial charge in [0, 0.05) is 6.54 Å². The number of carbonyl (C=O) groups excluding carboxylic acids is 1. The molecule has 0 bridgehead atoms. The largest absolute Gasteiger partial charge is 0.351 e. The zero-order chi connectivity index (χ0) is 13.9. The molecule has 6 heteroatoms. The van der Waals surface area contributed by atoms with Gasteiger partial charge in [-0.05, 0) is 18.9 Å². The molecule has 0 aromatic rings. The van der Waals surface area contributed by atoms with Gasteiger partial charge < -0.3 is 5.32 Å². The topological polar surface area (TPSA) is 83.5 Å². The van der Waals surface area contributed by atoms with Crippen LogP contribution in [0.4, 0.5) is 0 Å². The predicted octanol–water partition coefficient (Wildman–Crippen LogP) is 1.91. The monoisotopic (exact) mass is 277 g/mol. The highest BCUT2D eigenvalue weighted by molar-refractivity contribution is 7.85. The molecule has 0 aliphatic carbocycles. The molecular formula is C12H23NO4S. The van der Waals surface area contributed by atoms with Gasteiger partial charge >= 0.3 is 0 Å². The van der Waals surface area contributed by atoms with E-state index in [1.807, 2.05) is 0 Å². The van der Waals surface area contributed by atoms with Gasteiger partial charge in [-0.1, -0.05) is 38.7 Å². The molecule has 0 aromatic heterocycles. The molecule has 0 heterocycles. The normalized spacial score (nSPS) is 11.9. The Morgan fingerprint density at radius 1 is 1.22 bits per heavy atom. The van der Waals surface area contributed by atoms with Crippen LogP contribution in [0, 0.1) is 0 Å². The quantitative estimate of drug-likeness (QED) is 0.363. The van der Waals surface area contributed by atoms with Gasteiger partial charge in [0.25, 0.3) is 10.1 Å². The number of hydrogen-bond acceptors (Lipinski definition) is 3. The van der Waals surface area contributed by atoms with Crippen molar-refractivity contribution in [2.24, 2.45) is 0 Å². The van der Waals surface area contributed by atoms with Crippen molar-refractivity contribution >= 4 is 16.0 Å². The van der Waals surface area contributed by atoms with Crippen LogP contribution in [0.25, 0.3) is 0 Å². The van der Waals surface area contributed by atoms with Crippen molar-refractivity contribution in [3.05, 3.63) is 12.2 Å². The summed E-state index contributed by atoms with van der Waals surface area (Å²) in [6, 6.07) is 0. The van der Waals surface area contributed by atoms with Crippen molar-refractivity contribution in [3.8, 4) is 0 Å². The lowest BCUT2D eigenvalue weighted by Gasteiger charge is -1.99. The lowest BCUT2D eigenvalue weighted by atomic mass is 10.1. The molecule has 18 heavy (non-hydrogen) atoms. The maximum atomic E-state index is 11.2. The standard InChI is InChI=1S/C12H23NO4S/c1-2-3-4-5-6-7-8-9-12(14)13-10-11-18(15,16)17/h8-9H,2-7,10-11H2,1H3,(H,13,14)(H,15,16,17)/b9-8+. The maximum Gasteiger partial charge on any atom is 0.266 e. The third kappa shape index (κ3) is 13.2. The van der Waals surface area contributed by atoms with Crippen LogP contribution < -0.4 is 5.32 Å². The van der Waals surface area contributed by atoms with E-state index < -0.39 is 15.9 Å². The number of carbonyl (C=O) groups is 1. The predicted molar refractivity (Wildman–Crippen MR) is 71.9 cm³/mol. The fourth-order valence-electron chi connectivity index (χ4n) is 1.42. The van der Waals surface area contributed by atoms with Crippen molar-refractivity contribution in [3.63, 3.8) is 0 Å². The number of rotatable bonds is 10. The van der Waals surface area contributed by atoms with Gasteiger partial charge in [-0.25, -0.2) is 0 Å². The van der Waals surface area contributed by atoms with Crippen LogP contribution >= 0.6 is 0 Å². The second-order valence-corrected chi connectivity index (χ2v) is 5.75. The van der Waals surface area contributed by atoms with Gasteiger partial charge in [-0.15, -0.1) is 0 Å². The van der Waals surface area contributed by atoms with E-state index in [1.54, 1.807) is 6.08 Å². The summed E-state index contributed by atoms with van der Waals surface area (Å²) in [7, 11) is -4.00. The van der Waals surface area contributed by atoms with E-state index in [-0.39, 0.29) is 12.5 Å². The molecule has 0 rings (SSSR count). The molecule has 0 saturated carbocycles. The first-order valence-electron chi connectivity index (χ1n) is 6.35. The number of allylic oxidation sites excluding steroid dienone is 1. The summed E-state index contributed by atoms with van der Waals surface area (Å²) in [5.74, 6) is -0.781. The molecule has 2 N–H and O–H groups in total. The van der Waals surface area contributed by atoms with Crippen molar-refractivity contribution in [1.29, 1.82) is 0 Å². The van der Waals surface area contributed by atoms with Crippen LogP contribution in [-0.4, -0.2) is 31.2 Å². The van der Waals surface area contributed by atoms with E-state index in [0.29, 0.717) is 0 Å². The molecule has 0 atom stereocenters. The number of hydrogen-bond donors (Lipinski definition) is 2. The second kappa shape index (κ2) is 10.1. The summed E-state index contributed by atoms with van der Waals surface area (Å²) >= 11 is 0. The van der Waals surface area contributed by atoms with Crippen LogP contribution in [0.15, 0.2) is 12.2 Å². The first-order chi connectivity index (χ1) is 8.45. The lowest BCUT2D eigenvalue weighted by molar-refractivity contribution is -0.116. The van der Waals surface area contributed by atoms with Crippen LogP contribution in [-0.2, 0) is 14.9 Å². The maximum absolute atomic E-state index is 11.2. The van der Waals surface area contributed by atoms with Crippen LogP contribution in [0.1, 0.15) is 45.4 Å². The van der Waals surface area contributed by atoms with Crippen molar-refractivity contribution in [2.75, 3.05) is 12.3 Å². The van der Waals surface area contributed by atoms with Crippen LogP contribution in [0.3, 0.4) is 0 Å².